The van der Waals surface area contributed by atoms with Crippen molar-refractivity contribution in [2.75, 3.05) is 0 Å². The van der Waals surface area contributed by atoms with Crippen LogP contribution in [0.1, 0.15) is 41.4 Å². The Morgan fingerprint density at radius 3 is 2.41 bits per heavy atom. The van der Waals surface area contributed by atoms with Crippen molar-refractivity contribution in [2.45, 2.75) is 25.6 Å². The van der Waals surface area contributed by atoms with Crippen molar-refractivity contribution in [1.29, 1.82) is 0 Å². The van der Waals surface area contributed by atoms with E-state index in [0.29, 0.717) is 0 Å². The first kappa shape index (κ1) is 19.7. The van der Waals surface area contributed by atoms with Crippen LogP contribution in [0, 0.1) is 5.82 Å². The van der Waals surface area contributed by atoms with Crippen LogP contribution in [0.4, 0.5) is 4.39 Å². The Morgan fingerprint density at radius 2 is 1.72 bits per heavy atom. The Kier molecular flexibility index (Phi) is 5.69. The van der Waals surface area contributed by atoms with E-state index in [0.717, 1.165) is 33.3 Å². The molecule has 0 aromatic heterocycles. The van der Waals surface area contributed by atoms with Crippen LogP contribution in [0.2, 0.25) is 0 Å². The lowest BCUT2D eigenvalue weighted by Gasteiger charge is -2.33. The van der Waals surface area contributed by atoms with Crippen LogP contribution >= 0.6 is 15.9 Å². The predicted octanol–water partition coefficient (Wildman–Crippen LogP) is 5.83. The van der Waals surface area contributed by atoms with Gasteiger partial charge in [0.15, 0.2) is 0 Å². The van der Waals surface area contributed by atoms with Crippen molar-refractivity contribution in [1.82, 2.24) is 10.6 Å². The Balaban J connectivity index is 1.75. The van der Waals surface area contributed by atoms with Crippen molar-refractivity contribution in [3.05, 3.63) is 105 Å². The second-order valence-corrected chi connectivity index (χ2v) is 8.02. The minimum Gasteiger partial charge on any atom is -0.508 e. The Labute approximate surface area is 178 Å². The lowest BCUT2D eigenvalue weighted by Crippen LogP contribution is -2.39. The first-order chi connectivity index (χ1) is 14.0. The van der Waals surface area contributed by atoms with Gasteiger partial charge in [0.1, 0.15) is 17.7 Å². The van der Waals surface area contributed by atoms with Gasteiger partial charge in [-0.15, -0.1) is 0 Å². The molecule has 0 saturated carbocycles. The minimum atomic E-state index is -0.267. The molecule has 1 aliphatic heterocycles. The van der Waals surface area contributed by atoms with Gasteiger partial charge >= 0.3 is 0 Å². The van der Waals surface area contributed by atoms with Crippen molar-refractivity contribution in [3.8, 4) is 5.75 Å². The summed E-state index contributed by atoms with van der Waals surface area (Å²) in [5.74, 6) is -0.0425. The van der Waals surface area contributed by atoms with Crippen LogP contribution in [-0.4, -0.2) is 5.11 Å². The summed E-state index contributed by atoms with van der Waals surface area (Å²) in [7, 11) is 0. The molecule has 0 bridgehead atoms. The maximum atomic E-state index is 13.4. The fourth-order valence-electron chi connectivity index (χ4n) is 3.53. The molecule has 1 aliphatic rings. The highest BCUT2D eigenvalue weighted by Crippen LogP contribution is 2.34. The predicted molar refractivity (Wildman–Crippen MR) is 118 cm³/mol. The van der Waals surface area contributed by atoms with Crippen LogP contribution in [0.15, 0.2) is 77.3 Å². The normalized spacial score (nSPS) is 18.8. The lowest BCUT2D eigenvalue weighted by molar-refractivity contribution is 0.418. The van der Waals surface area contributed by atoms with Crippen molar-refractivity contribution < 1.29 is 9.50 Å². The zero-order chi connectivity index (χ0) is 20.4. The molecule has 0 radical (unpaired) electrons. The topological polar surface area (TPSA) is 44.3 Å². The van der Waals surface area contributed by atoms with Crippen molar-refractivity contribution in [2.24, 2.45) is 0 Å². The van der Waals surface area contributed by atoms with Gasteiger partial charge in [-0.25, -0.2) is 4.39 Å². The third kappa shape index (κ3) is 4.36. The van der Waals surface area contributed by atoms with Gasteiger partial charge in [-0.2, -0.15) is 0 Å². The monoisotopic (exact) mass is 452 g/mol. The second kappa shape index (κ2) is 8.39. The van der Waals surface area contributed by atoms with E-state index >= 15 is 0 Å². The first-order valence-electron chi connectivity index (χ1n) is 9.61. The van der Waals surface area contributed by atoms with Gasteiger partial charge < -0.3 is 10.4 Å². The van der Waals surface area contributed by atoms with E-state index < -0.39 is 0 Å². The summed E-state index contributed by atoms with van der Waals surface area (Å²) in [6.07, 6.45) is 2.83. The maximum absolute atomic E-state index is 13.4. The highest BCUT2D eigenvalue weighted by atomic mass is 79.9. The highest BCUT2D eigenvalue weighted by Gasteiger charge is 2.25. The summed E-state index contributed by atoms with van der Waals surface area (Å²) in [4.78, 5) is 0. The number of nitrogens with one attached hydrogen (secondary N) is 2. The number of hydrogen-bond acceptors (Lipinski definition) is 3. The third-order valence-corrected chi connectivity index (χ3v) is 5.67. The molecule has 0 spiro atoms. The molecule has 148 valence electrons. The molecule has 3 aromatic carbocycles. The number of phenols is 1. The number of aromatic hydroxyl groups is 1. The van der Waals surface area contributed by atoms with E-state index in [2.05, 4.69) is 63.8 Å². The molecule has 2 unspecified atom stereocenters. The van der Waals surface area contributed by atoms with Gasteiger partial charge in [0.05, 0.1) is 6.04 Å². The Morgan fingerprint density at radius 1 is 1.00 bits per heavy atom. The molecule has 1 heterocycles. The third-order valence-electron chi connectivity index (χ3n) is 5.18. The van der Waals surface area contributed by atoms with Gasteiger partial charge in [0.25, 0.3) is 0 Å². The van der Waals surface area contributed by atoms with E-state index in [1.54, 1.807) is 18.2 Å². The molecule has 3 nitrogen and oxygen atoms in total. The number of rotatable bonds is 4. The molecule has 0 saturated heterocycles. The van der Waals surface area contributed by atoms with Crippen LogP contribution in [-0.2, 0) is 6.42 Å². The minimum absolute atomic E-state index is 0.218. The molecule has 29 heavy (non-hydrogen) atoms. The van der Waals surface area contributed by atoms with Gasteiger partial charge in [-0.05, 0) is 59.5 Å². The fourth-order valence-corrected chi connectivity index (χ4v) is 3.91. The van der Waals surface area contributed by atoms with Gasteiger partial charge in [0.2, 0.25) is 0 Å². The highest BCUT2D eigenvalue weighted by molar-refractivity contribution is 9.10. The standard InChI is InChI=1S/C24H22BrFN2O/c1-2-15-3-5-16(6-4-15)21-14-22(20-13-18(25)9-12-23(20)29)28-24(27-21)17-7-10-19(26)11-8-17/h3-14,22,24,27-29H,2H2,1H3. The molecule has 3 N–H and O–H groups in total. The molecule has 4 rings (SSSR count). The van der Waals surface area contributed by atoms with Crippen molar-refractivity contribution >= 4 is 21.6 Å². The molecule has 5 heteroatoms. The largest absolute Gasteiger partial charge is 0.508 e. The number of aryl methyl sites for hydroxylation is 1. The van der Waals surface area contributed by atoms with E-state index in [4.69, 9.17) is 0 Å². The zero-order valence-corrected chi connectivity index (χ0v) is 17.6. The molecule has 3 aromatic rings. The molecule has 2 atom stereocenters. The number of phenolic OH excluding ortho intramolecular Hbond substituents is 1. The van der Waals surface area contributed by atoms with E-state index in [1.807, 2.05) is 12.1 Å². The van der Waals surface area contributed by atoms with Gasteiger partial charge in [-0.1, -0.05) is 59.3 Å². The Bertz CT molecular complexity index is 1030. The zero-order valence-electron chi connectivity index (χ0n) is 16.0. The van der Waals surface area contributed by atoms with E-state index in [9.17, 15) is 9.50 Å². The molecular weight excluding hydrogens is 431 g/mol. The Hall–Kier alpha value is -2.63. The smallest absolute Gasteiger partial charge is 0.123 e. The van der Waals surface area contributed by atoms with Crippen LogP contribution in [0.3, 0.4) is 0 Å². The fraction of sp³-hybridized carbons (Fsp3) is 0.167. The number of benzene rings is 3. The molecule has 0 amide bonds. The lowest BCUT2D eigenvalue weighted by atomic mass is 9.97. The number of hydrogen-bond donors (Lipinski definition) is 3. The quantitative estimate of drug-likeness (QED) is 0.466. The van der Waals surface area contributed by atoms with Gasteiger partial charge in [-0.3, -0.25) is 5.32 Å². The second-order valence-electron chi connectivity index (χ2n) is 7.11. The molecule has 0 aliphatic carbocycles. The summed E-state index contributed by atoms with van der Waals surface area (Å²) in [6.45, 7) is 2.13. The SMILES string of the molecule is CCc1ccc(C2=CC(c3cc(Br)ccc3O)NC(c3ccc(F)cc3)N2)cc1. The summed E-state index contributed by atoms with van der Waals surface area (Å²) in [6, 6.07) is 20.1. The first-order valence-corrected chi connectivity index (χ1v) is 10.4. The number of halogens is 2. The summed E-state index contributed by atoms with van der Waals surface area (Å²) in [5.41, 5.74) is 5.00. The van der Waals surface area contributed by atoms with Crippen LogP contribution in [0.25, 0.3) is 5.70 Å². The molecular formula is C24H22BrFN2O. The van der Waals surface area contributed by atoms with Crippen molar-refractivity contribution in [3.63, 3.8) is 0 Å². The summed E-state index contributed by atoms with van der Waals surface area (Å²) < 4.78 is 14.3. The molecule has 0 fully saturated rings. The average Bonchev–Trinajstić information content (AvgIpc) is 2.75. The van der Waals surface area contributed by atoms with Gasteiger partial charge in [0, 0.05) is 15.7 Å². The average molecular weight is 453 g/mol. The summed E-state index contributed by atoms with van der Waals surface area (Å²) in [5, 5.41) is 17.5. The van der Waals surface area contributed by atoms with E-state index in [-0.39, 0.29) is 23.8 Å². The van der Waals surface area contributed by atoms with E-state index in [1.165, 1.54) is 17.7 Å². The summed E-state index contributed by atoms with van der Waals surface area (Å²) >= 11 is 3.49. The van der Waals surface area contributed by atoms with Crippen LogP contribution in [0.5, 0.6) is 5.75 Å². The maximum Gasteiger partial charge on any atom is 0.123 e. The van der Waals surface area contributed by atoms with Crippen LogP contribution < -0.4 is 10.6 Å².